The maximum atomic E-state index is 11.0. The maximum Gasteiger partial charge on any atom is 0.333 e. The topological polar surface area (TPSA) is 26.3 Å². The molecule has 0 heterocycles. The number of hydrogen-bond acceptors (Lipinski definition) is 2. The number of hydrogen-bond donors (Lipinski definition) is 0. The highest BCUT2D eigenvalue weighted by molar-refractivity contribution is 5.86. The molecule has 0 bridgehead atoms. The van der Waals surface area contributed by atoms with Crippen molar-refractivity contribution in [1.29, 1.82) is 0 Å². The molecule has 4 heteroatoms. The highest BCUT2D eigenvalue weighted by Gasteiger charge is 2.05. The van der Waals surface area contributed by atoms with Gasteiger partial charge in [0.05, 0.1) is 34.3 Å². The van der Waals surface area contributed by atoms with Crippen LogP contribution in [0.25, 0.3) is 0 Å². The molecule has 0 amide bonds. The summed E-state index contributed by atoms with van der Waals surface area (Å²) in [6.45, 7) is 6.93. The fraction of sp³-hybridized carbons (Fsp3) is 0.769. The molecule has 0 fully saturated rings. The van der Waals surface area contributed by atoms with Crippen LogP contribution >= 0.6 is 0 Å². The molecule has 102 valence electrons. The molecule has 0 aliphatic heterocycles. The zero-order chi connectivity index (χ0) is 12.6. The number of unbranched alkanes of at least 4 members (excludes halogenated alkanes) is 3. The molecule has 0 atom stereocenters. The van der Waals surface area contributed by atoms with E-state index in [-0.39, 0.29) is 29.9 Å². The van der Waals surface area contributed by atoms with Gasteiger partial charge in [-0.2, -0.15) is 0 Å². The zero-order valence-corrected chi connectivity index (χ0v) is 13.7. The van der Waals surface area contributed by atoms with Crippen molar-refractivity contribution in [2.45, 2.75) is 32.6 Å². The Hall–Kier alpha value is -0.100. The van der Waals surface area contributed by atoms with Crippen molar-refractivity contribution in [3.8, 4) is 0 Å². The lowest BCUT2D eigenvalue weighted by Crippen LogP contribution is -3.00. The van der Waals surface area contributed by atoms with E-state index in [0.717, 1.165) is 17.3 Å². The van der Waals surface area contributed by atoms with Crippen molar-refractivity contribution in [3.05, 3.63) is 12.2 Å². The predicted molar refractivity (Wildman–Crippen MR) is 67.1 cm³/mol. The Kier molecular flexibility index (Phi) is 11.2. The molecule has 17 heavy (non-hydrogen) atoms. The minimum atomic E-state index is -0.272. The first-order valence-electron chi connectivity index (χ1n) is 5.96. The van der Waals surface area contributed by atoms with Gasteiger partial charge in [-0.1, -0.05) is 6.58 Å². The number of carbonyl (C=O) groups is 1. The van der Waals surface area contributed by atoms with Crippen LogP contribution in [0.4, 0.5) is 0 Å². The lowest BCUT2D eigenvalue weighted by molar-refractivity contribution is -0.870. The molecule has 0 saturated carbocycles. The molecule has 0 spiro atoms. The Balaban J connectivity index is 0. The minimum Gasteiger partial charge on any atom is -1.00 e. The van der Waals surface area contributed by atoms with E-state index in [4.69, 9.17) is 4.74 Å². The van der Waals surface area contributed by atoms with Crippen LogP contribution in [-0.2, 0) is 9.53 Å². The number of carbonyl (C=O) groups excluding carboxylic acids is 1. The van der Waals surface area contributed by atoms with Crippen molar-refractivity contribution < 1.29 is 38.0 Å². The molecule has 3 nitrogen and oxygen atoms in total. The molecule has 0 N–H and O–H groups in total. The number of ether oxygens (including phenoxy) is 1. The van der Waals surface area contributed by atoms with Gasteiger partial charge in [0.15, 0.2) is 0 Å². The highest BCUT2D eigenvalue weighted by atomic mass is 127. The maximum absolute atomic E-state index is 11.0. The summed E-state index contributed by atoms with van der Waals surface area (Å²) < 4.78 is 6.03. The van der Waals surface area contributed by atoms with Gasteiger partial charge in [0.25, 0.3) is 0 Å². The van der Waals surface area contributed by atoms with Crippen LogP contribution in [0.5, 0.6) is 0 Å². The van der Waals surface area contributed by atoms with E-state index in [1.807, 2.05) is 0 Å². The van der Waals surface area contributed by atoms with Crippen LogP contribution in [0.15, 0.2) is 12.2 Å². The fourth-order valence-electron chi connectivity index (χ4n) is 1.33. The Morgan fingerprint density at radius 3 is 2.12 bits per heavy atom. The third kappa shape index (κ3) is 13.8. The van der Waals surface area contributed by atoms with Gasteiger partial charge in [0.2, 0.25) is 0 Å². The summed E-state index contributed by atoms with van der Waals surface area (Å²) in [6, 6.07) is 0. The Labute approximate surface area is 123 Å². The van der Waals surface area contributed by atoms with E-state index < -0.39 is 0 Å². The van der Waals surface area contributed by atoms with Gasteiger partial charge >= 0.3 is 5.97 Å². The van der Waals surface area contributed by atoms with E-state index in [1.165, 1.54) is 19.4 Å². The molecule has 0 radical (unpaired) electrons. The second kappa shape index (κ2) is 9.88. The molecular weight excluding hydrogens is 329 g/mol. The Morgan fingerprint density at radius 2 is 1.65 bits per heavy atom. The van der Waals surface area contributed by atoms with Crippen molar-refractivity contribution in [3.63, 3.8) is 0 Å². The average Bonchev–Trinajstić information content (AvgIpc) is 2.14. The summed E-state index contributed by atoms with van der Waals surface area (Å²) >= 11 is 0. The summed E-state index contributed by atoms with van der Waals surface area (Å²) in [4.78, 5) is 11.0. The van der Waals surface area contributed by atoms with Crippen molar-refractivity contribution >= 4 is 5.97 Å². The number of esters is 1. The quantitative estimate of drug-likeness (QED) is 0.191. The third-order valence-electron chi connectivity index (χ3n) is 2.30. The molecule has 0 aromatic heterocycles. The molecule has 0 saturated heterocycles. The van der Waals surface area contributed by atoms with E-state index in [2.05, 4.69) is 27.7 Å². The second-order valence-electron chi connectivity index (χ2n) is 5.34. The van der Waals surface area contributed by atoms with Gasteiger partial charge in [0.1, 0.15) is 0 Å². The van der Waals surface area contributed by atoms with Crippen LogP contribution in [0.1, 0.15) is 32.6 Å². The first kappa shape index (κ1) is 19.2. The second-order valence-corrected chi connectivity index (χ2v) is 5.34. The predicted octanol–water partition coefficient (Wildman–Crippen LogP) is -0.624. The summed E-state index contributed by atoms with van der Waals surface area (Å²) in [5.41, 5.74) is 0.477. The Morgan fingerprint density at radius 1 is 1.12 bits per heavy atom. The largest absolute Gasteiger partial charge is 1.00 e. The van der Waals surface area contributed by atoms with Crippen molar-refractivity contribution in [1.82, 2.24) is 0 Å². The summed E-state index contributed by atoms with van der Waals surface area (Å²) in [7, 11) is 6.61. The normalized spacial score (nSPS) is 10.6. The average molecular weight is 355 g/mol. The number of nitrogens with zero attached hydrogens (tertiary/aromatic N) is 1. The van der Waals surface area contributed by atoms with Gasteiger partial charge < -0.3 is 33.2 Å². The summed E-state index contributed by atoms with van der Waals surface area (Å²) in [5.74, 6) is -0.272. The van der Waals surface area contributed by atoms with Crippen LogP contribution in [0.2, 0.25) is 0 Å². The van der Waals surface area contributed by atoms with Crippen molar-refractivity contribution in [2.24, 2.45) is 0 Å². The van der Waals surface area contributed by atoms with Crippen LogP contribution in [0, 0.1) is 0 Å². The SMILES string of the molecule is C=C(C)C(=O)OCCCCCC[N+](C)(C)C.[I-]. The first-order valence-corrected chi connectivity index (χ1v) is 5.96. The highest BCUT2D eigenvalue weighted by Crippen LogP contribution is 2.04. The van der Waals surface area contributed by atoms with E-state index >= 15 is 0 Å². The van der Waals surface area contributed by atoms with Gasteiger partial charge in [-0.15, -0.1) is 0 Å². The van der Waals surface area contributed by atoms with Crippen LogP contribution < -0.4 is 24.0 Å². The van der Waals surface area contributed by atoms with E-state index in [1.54, 1.807) is 6.92 Å². The van der Waals surface area contributed by atoms with Crippen LogP contribution in [0.3, 0.4) is 0 Å². The zero-order valence-electron chi connectivity index (χ0n) is 11.6. The fourth-order valence-corrected chi connectivity index (χ4v) is 1.33. The smallest absolute Gasteiger partial charge is 0.333 e. The number of halogens is 1. The molecule has 0 aromatic rings. The molecule has 0 unspecified atom stereocenters. The molecule has 0 aliphatic rings. The standard InChI is InChI=1S/C13H26NO2.HI/c1-12(2)13(15)16-11-9-7-6-8-10-14(3,4)5;/h1,6-11H2,2-5H3;1H/q+1;/p-1. The molecule has 0 aliphatic carbocycles. The van der Waals surface area contributed by atoms with Crippen LogP contribution in [-0.4, -0.2) is 44.7 Å². The number of rotatable bonds is 8. The Bertz CT molecular complexity index is 234. The number of quaternary nitrogens is 1. The minimum absolute atomic E-state index is 0. The van der Waals surface area contributed by atoms with Gasteiger partial charge in [0, 0.05) is 5.57 Å². The van der Waals surface area contributed by atoms with Gasteiger partial charge in [-0.05, 0) is 32.6 Å². The van der Waals surface area contributed by atoms with E-state index in [0.29, 0.717) is 12.2 Å². The molecule has 0 rings (SSSR count). The van der Waals surface area contributed by atoms with Crippen molar-refractivity contribution in [2.75, 3.05) is 34.3 Å². The molecular formula is C13H26INO2. The van der Waals surface area contributed by atoms with Gasteiger partial charge in [-0.25, -0.2) is 4.79 Å². The third-order valence-corrected chi connectivity index (χ3v) is 2.30. The summed E-state index contributed by atoms with van der Waals surface area (Å²) in [5, 5.41) is 0. The molecule has 0 aromatic carbocycles. The first-order chi connectivity index (χ1) is 7.33. The lowest BCUT2D eigenvalue weighted by atomic mass is 10.2. The van der Waals surface area contributed by atoms with E-state index in [9.17, 15) is 4.79 Å². The van der Waals surface area contributed by atoms with Gasteiger partial charge in [-0.3, -0.25) is 0 Å². The summed E-state index contributed by atoms with van der Waals surface area (Å²) in [6.07, 6.45) is 4.53. The monoisotopic (exact) mass is 355 g/mol. The lowest BCUT2D eigenvalue weighted by Gasteiger charge is -2.23.